The second-order valence-corrected chi connectivity index (χ2v) is 8.42. The Hall–Kier alpha value is -3.21. The second-order valence-electron chi connectivity index (χ2n) is 8.42. The molecular formula is C25H26N4O. The van der Waals surface area contributed by atoms with Gasteiger partial charge in [0, 0.05) is 51.2 Å². The van der Waals surface area contributed by atoms with Gasteiger partial charge >= 0.3 is 0 Å². The maximum atomic E-state index is 12.9. The lowest BCUT2D eigenvalue weighted by molar-refractivity contribution is -0.130. The highest BCUT2D eigenvalue weighted by Crippen LogP contribution is 2.45. The number of pyridine rings is 2. The molecule has 2 aliphatic heterocycles. The van der Waals surface area contributed by atoms with Crippen molar-refractivity contribution in [1.82, 2.24) is 14.9 Å². The van der Waals surface area contributed by atoms with Gasteiger partial charge in [-0.25, -0.2) is 0 Å². The van der Waals surface area contributed by atoms with Gasteiger partial charge < -0.3 is 9.80 Å². The first kappa shape index (κ1) is 18.8. The number of aryl methyl sites for hydroxylation is 1. The molecule has 0 radical (unpaired) electrons. The molecule has 2 aromatic heterocycles. The van der Waals surface area contributed by atoms with Crippen molar-refractivity contribution in [3.8, 4) is 0 Å². The summed E-state index contributed by atoms with van der Waals surface area (Å²) in [4.78, 5) is 26.4. The van der Waals surface area contributed by atoms with Gasteiger partial charge in [0.15, 0.2) is 0 Å². The molecule has 0 N–H and O–H groups in total. The number of fused-ring (bicyclic) bond motifs is 2. The highest BCUT2D eigenvalue weighted by atomic mass is 16.2. The van der Waals surface area contributed by atoms with Crippen LogP contribution in [-0.4, -0.2) is 40.4 Å². The number of nitrogens with zero attached hydrogens (tertiary/aromatic N) is 4. The van der Waals surface area contributed by atoms with E-state index in [1.165, 1.54) is 16.8 Å². The third-order valence-electron chi connectivity index (χ3n) is 6.40. The highest BCUT2D eigenvalue weighted by molar-refractivity contribution is 5.77. The summed E-state index contributed by atoms with van der Waals surface area (Å²) in [6, 6.07) is 18.5. The molecule has 2 aliphatic rings. The first-order chi connectivity index (χ1) is 14.7. The molecule has 0 bridgehead atoms. The van der Waals surface area contributed by atoms with Crippen molar-refractivity contribution < 1.29 is 4.79 Å². The lowest BCUT2D eigenvalue weighted by Gasteiger charge is -2.26. The molecule has 5 heteroatoms. The van der Waals surface area contributed by atoms with Crippen LogP contribution in [0.25, 0.3) is 0 Å². The average molecular weight is 399 g/mol. The van der Waals surface area contributed by atoms with E-state index >= 15 is 0 Å². The number of likely N-dealkylation sites (tertiary alicyclic amines) is 1. The molecule has 0 saturated carbocycles. The van der Waals surface area contributed by atoms with Gasteiger partial charge in [0.2, 0.25) is 5.91 Å². The van der Waals surface area contributed by atoms with Gasteiger partial charge in [-0.05, 0) is 42.2 Å². The van der Waals surface area contributed by atoms with Gasteiger partial charge in [0.1, 0.15) is 0 Å². The molecule has 1 fully saturated rings. The summed E-state index contributed by atoms with van der Waals surface area (Å²) >= 11 is 0. The van der Waals surface area contributed by atoms with E-state index in [-0.39, 0.29) is 11.3 Å². The Morgan fingerprint density at radius 3 is 2.63 bits per heavy atom. The molecule has 3 aromatic rings. The van der Waals surface area contributed by atoms with E-state index in [1.54, 1.807) is 6.20 Å². The Morgan fingerprint density at radius 1 is 0.967 bits per heavy atom. The number of hydrogen-bond acceptors (Lipinski definition) is 4. The topological polar surface area (TPSA) is 49.3 Å². The molecule has 1 atom stereocenters. The van der Waals surface area contributed by atoms with Crippen LogP contribution in [0.3, 0.4) is 0 Å². The van der Waals surface area contributed by atoms with Crippen LogP contribution < -0.4 is 4.90 Å². The second kappa shape index (κ2) is 7.90. The Morgan fingerprint density at radius 2 is 1.80 bits per heavy atom. The van der Waals surface area contributed by atoms with E-state index in [1.807, 2.05) is 42.7 Å². The molecule has 1 amide bonds. The maximum absolute atomic E-state index is 12.9. The third-order valence-corrected chi connectivity index (χ3v) is 6.40. The molecule has 5 rings (SSSR count). The summed E-state index contributed by atoms with van der Waals surface area (Å²) in [6.07, 6.45) is 7.95. The first-order valence-corrected chi connectivity index (χ1v) is 10.6. The van der Waals surface area contributed by atoms with Crippen molar-refractivity contribution in [2.75, 3.05) is 24.5 Å². The van der Waals surface area contributed by atoms with Gasteiger partial charge in [-0.15, -0.1) is 0 Å². The minimum atomic E-state index is -0.0682. The predicted molar refractivity (Wildman–Crippen MR) is 117 cm³/mol. The van der Waals surface area contributed by atoms with Gasteiger partial charge in [0.05, 0.1) is 16.8 Å². The number of benzene rings is 1. The Bertz CT molecular complexity index is 1020. The lowest BCUT2D eigenvalue weighted by Crippen LogP contribution is -2.38. The molecule has 1 aromatic carbocycles. The molecule has 152 valence electrons. The fraction of sp³-hybridized carbons (Fsp3) is 0.320. The number of hydrogen-bond donors (Lipinski definition) is 0. The maximum Gasteiger partial charge on any atom is 0.222 e. The van der Waals surface area contributed by atoms with Crippen molar-refractivity contribution in [3.05, 3.63) is 90.0 Å². The Kier molecular flexibility index (Phi) is 4.95. The van der Waals surface area contributed by atoms with Crippen LogP contribution in [0.4, 0.5) is 5.69 Å². The average Bonchev–Trinajstić information content (AvgIpc) is 3.36. The van der Waals surface area contributed by atoms with Crippen molar-refractivity contribution in [2.24, 2.45) is 0 Å². The van der Waals surface area contributed by atoms with Crippen LogP contribution in [-0.2, 0) is 23.2 Å². The van der Waals surface area contributed by atoms with Crippen molar-refractivity contribution in [2.45, 2.75) is 31.2 Å². The van der Waals surface area contributed by atoms with Crippen LogP contribution >= 0.6 is 0 Å². The molecule has 0 aliphatic carbocycles. The minimum absolute atomic E-state index is 0.0682. The van der Waals surface area contributed by atoms with Crippen molar-refractivity contribution >= 4 is 11.6 Å². The summed E-state index contributed by atoms with van der Waals surface area (Å²) in [5.74, 6) is 0.249. The van der Waals surface area contributed by atoms with Crippen LogP contribution in [0.1, 0.15) is 29.7 Å². The Balaban J connectivity index is 1.30. The molecule has 1 saturated heterocycles. The predicted octanol–water partition coefficient (Wildman–Crippen LogP) is 3.60. The SMILES string of the molecule is O=C(CCc1ccccc1)N1CC[C@]2(C1)CN(Cc1cccnc1)c1cccnc12. The standard InChI is InChI=1S/C25H26N4O/c30-23(11-10-20-6-2-1-3-7-20)28-15-12-25(18-28)19-29(17-21-8-4-13-26-16-21)22-9-5-14-27-24(22)25/h1-9,13-14,16H,10-12,15,17-19H2/t25-/m0/s1. The molecule has 1 spiro atoms. The summed E-state index contributed by atoms with van der Waals surface area (Å²) < 4.78 is 0. The van der Waals surface area contributed by atoms with Gasteiger partial charge in [-0.2, -0.15) is 0 Å². The minimum Gasteiger partial charge on any atom is -0.365 e. The van der Waals surface area contributed by atoms with E-state index in [2.05, 4.69) is 39.0 Å². The van der Waals surface area contributed by atoms with E-state index < -0.39 is 0 Å². The quantitative estimate of drug-likeness (QED) is 0.659. The van der Waals surface area contributed by atoms with E-state index in [4.69, 9.17) is 4.98 Å². The Labute approximate surface area is 177 Å². The fourth-order valence-corrected chi connectivity index (χ4v) is 4.90. The zero-order valence-electron chi connectivity index (χ0n) is 17.1. The molecule has 30 heavy (non-hydrogen) atoms. The zero-order valence-corrected chi connectivity index (χ0v) is 17.1. The summed E-state index contributed by atoms with van der Waals surface area (Å²) in [6.45, 7) is 3.28. The van der Waals surface area contributed by atoms with Crippen LogP contribution in [0.15, 0.2) is 73.2 Å². The number of aromatic nitrogens is 2. The van der Waals surface area contributed by atoms with Crippen molar-refractivity contribution in [3.63, 3.8) is 0 Å². The van der Waals surface area contributed by atoms with E-state index in [9.17, 15) is 4.79 Å². The van der Waals surface area contributed by atoms with Gasteiger partial charge in [-0.1, -0.05) is 36.4 Å². The lowest BCUT2D eigenvalue weighted by atomic mass is 9.85. The van der Waals surface area contributed by atoms with Crippen LogP contribution in [0.2, 0.25) is 0 Å². The van der Waals surface area contributed by atoms with Gasteiger partial charge in [0.25, 0.3) is 0 Å². The molecular weight excluding hydrogens is 372 g/mol. The number of carbonyl (C=O) groups excluding carboxylic acids is 1. The highest BCUT2D eigenvalue weighted by Gasteiger charge is 2.49. The van der Waals surface area contributed by atoms with Crippen molar-refractivity contribution in [1.29, 1.82) is 0 Å². The number of amides is 1. The third kappa shape index (κ3) is 3.56. The normalized spacial score (nSPS) is 20.0. The number of carbonyl (C=O) groups is 1. The first-order valence-electron chi connectivity index (χ1n) is 10.6. The zero-order chi connectivity index (χ0) is 20.4. The summed E-state index contributed by atoms with van der Waals surface area (Å²) in [5, 5.41) is 0. The number of rotatable bonds is 5. The van der Waals surface area contributed by atoms with E-state index in [0.717, 1.165) is 44.7 Å². The molecule has 4 heterocycles. The smallest absolute Gasteiger partial charge is 0.222 e. The summed E-state index contributed by atoms with van der Waals surface area (Å²) in [5.41, 5.74) is 4.68. The van der Waals surface area contributed by atoms with Gasteiger partial charge in [-0.3, -0.25) is 14.8 Å². The fourth-order valence-electron chi connectivity index (χ4n) is 4.90. The summed E-state index contributed by atoms with van der Waals surface area (Å²) in [7, 11) is 0. The number of anilines is 1. The largest absolute Gasteiger partial charge is 0.365 e. The van der Waals surface area contributed by atoms with E-state index in [0.29, 0.717) is 6.42 Å². The molecule has 5 nitrogen and oxygen atoms in total. The molecule has 0 unspecified atom stereocenters. The monoisotopic (exact) mass is 398 g/mol. The van der Waals surface area contributed by atoms with Crippen LogP contribution in [0.5, 0.6) is 0 Å². The van der Waals surface area contributed by atoms with Crippen LogP contribution in [0, 0.1) is 0 Å².